The molecule has 0 unspecified atom stereocenters. The molecular weight excluding hydrogens is 350 g/mol. The van der Waals surface area contributed by atoms with Gasteiger partial charge in [-0.25, -0.2) is 0 Å². The third kappa shape index (κ3) is 4.61. The van der Waals surface area contributed by atoms with Gasteiger partial charge >= 0.3 is 0 Å². The molecule has 0 spiro atoms. The Morgan fingerprint density at radius 3 is 2.38 bits per heavy atom. The SMILES string of the molecule is COc1cc(CNc2ccc(O)cc2)cc(Cl)c1OCc1ccccc1. The first-order chi connectivity index (χ1) is 12.7. The molecule has 134 valence electrons. The minimum absolute atomic E-state index is 0.236. The zero-order chi connectivity index (χ0) is 18.4. The molecule has 0 heterocycles. The zero-order valence-corrected chi connectivity index (χ0v) is 15.2. The van der Waals surface area contributed by atoms with E-state index in [9.17, 15) is 5.11 Å². The maximum Gasteiger partial charge on any atom is 0.180 e. The van der Waals surface area contributed by atoms with E-state index in [4.69, 9.17) is 21.1 Å². The number of ether oxygens (including phenoxy) is 2. The highest BCUT2D eigenvalue weighted by molar-refractivity contribution is 6.32. The van der Waals surface area contributed by atoms with Crippen molar-refractivity contribution >= 4 is 17.3 Å². The quantitative estimate of drug-likeness (QED) is 0.559. The maximum absolute atomic E-state index is 9.33. The van der Waals surface area contributed by atoms with Crippen LogP contribution in [0.25, 0.3) is 0 Å². The smallest absolute Gasteiger partial charge is 0.180 e. The molecule has 3 rings (SSSR count). The number of anilines is 1. The van der Waals surface area contributed by atoms with Crippen molar-refractivity contribution in [2.24, 2.45) is 0 Å². The molecule has 5 heteroatoms. The van der Waals surface area contributed by atoms with Gasteiger partial charge in [-0.3, -0.25) is 0 Å². The third-order valence-electron chi connectivity index (χ3n) is 3.88. The van der Waals surface area contributed by atoms with E-state index in [0.29, 0.717) is 29.7 Å². The summed E-state index contributed by atoms with van der Waals surface area (Å²) < 4.78 is 11.3. The summed E-state index contributed by atoms with van der Waals surface area (Å²) in [5.74, 6) is 1.36. The fraction of sp³-hybridized carbons (Fsp3) is 0.143. The number of hydrogen-bond donors (Lipinski definition) is 2. The highest BCUT2D eigenvalue weighted by atomic mass is 35.5. The van der Waals surface area contributed by atoms with Gasteiger partial charge in [0.15, 0.2) is 11.5 Å². The van der Waals surface area contributed by atoms with E-state index in [1.165, 1.54) is 0 Å². The Hall–Kier alpha value is -2.85. The van der Waals surface area contributed by atoms with Gasteiger partial charge in [0.05, 0.1) is 12.1 Å². The summed E-state index contributed by atoms with van der Waals surface area (Å²) in [7, 11) is 1.60. The second-order valence-electron chi connectivity index (χ2n) is 5.78. The number of phenolic OH excluding ortho intramolecular Hbond substituents is 1. The Morgan fingerprint density at radius 1 is 0.962 bits per heavy atom. The van der Waals surface area contributed by atoms with Crippen molar-refractivity contribution < 1.29 is 14.6 Å². The molecule has 0 radical (unpaired) electrons. The van der Waals surface area contributed by atoms with Crippen LogP contribution in [0.1, 0.15) is 11.1 Å². The van der Waals surface area contributed by atoms with Crippen LogP contribution in [0.4, 0.5) is 5.69 Å². The molecule has 0 aliphatic heterocycles. The summed E-state index contributed by atoms with van der Waals surface area (Å²) in [6.07, 6.45) is 0. The fourth-order valence-electron chi connectivity index (χ4n) is 2.53. The Bertz CT molecular complexity index is 851. The lowest BCUT2D eigenvalue weighted by molar-refractivity contribution is 0.284. The summed E-state index contributed by atoms with van der Waals surface area (Å²) in [6, 6.07) is 20.5. The van der Waals surface area contributed by atoms with Crippen LogP contribution in [0, 0.1) is 0 Å². The van der Waals surface area contributed by atoms with Gasteiger partial charge in [0.2, 0.25) is 0 Å². The Morgan fingerprint density at radius 2 is 1.69 bits per heavy atom. The van der Waals surface area contributed by atoms with Crippen molar-refractivity contribution in [1.82, 2.24) is 0 Å². The molecule has 3 aromatic rings. The van der Waals surface area contributed by atoms with Crippen LogP contribution >= 0.6 is 11.6 Å². The van der Waals surface area contributed by atoms with Gasteiger partial charge in [-0.2, -0.15) is 0 Å². The van der Waals surface area contributed by atoms with Gasteiger partial charge < -0.3 is 19.9 Å². The first kappa shape index (κ1) is 18.0. The van der Waals surface area contributed by atoms with E-state index < -0.39 is 0 Å². The van der Waals surface area contributed by atoms with E-state index in [1.54, 1.807) is 19.2 Å². The number of benzene rings is 3. The molecule has 0 atom stereocenters. The predicted octanol–water partition coefficient (Wildman–Crippen LogP) is 5.25. The zero-order valence-electron chi connectivity index (χ0n) is 14.4. The molecule has 3 aromatic carbocycles. The van der Waals surface area contributed by atoms with E-state index in [0.717, 1.165) is 16.8 Å². The molecule has 26 heavy (non-hydrogen) atoms. The summed E-state index contributed by atoms with van der Waals surface area (Å²) in [5, 5.41) is 13.1. The van der Waals surface area contributed by atoms with Crippen molar-refractivity contribution in [3.8, 4) is 17.2 Å². The van der Waals surface area contributed by atoms with Crippen molar-refractivity contribution in [1.29, 1.82) is 0 Å². The summed E-state index contributed by atoms with van der Waals surface area (Å²) in [5.41, 5.74) is 2.93. The standard InChI is InChI=1S/C21H20ClNO3/c1-25-20-12-16(13-23-17-7-9-18(24)10-8-17)11-19(22)21(20)26-14-15-5-3-2-4-6-15/h2-12,23-24H,13-14H2,1H3. The van der Waals surface area contributed by atoms with Crippen LogP contribution in [-0.4, -0.2) is 12.2 Å². The molecule has 0 bridgehead atoms. The molecule has 0 fully saturated rings. The molecule has 4 nitrogen and oxygen atoms in total. The van der Waals surface area contributed by atoms with Crippen LogP contribution in [0.5, 0.6) is 17.2 Å². The molecule has 0 aliphatic carbocycles. The lowest BCUT2D eigenvalue weighted by atomic mass is 10.2. The lowest BCUT2D eigenvalue weighted by Gasteiger charge is -2.15. The Labute approximate surface area is 158 Å². The topological polar surface area (TPSA) is 50.7 Å². The van der Waals surface area contributed by atoms with Gasteiger partial charge in [-0.1, -0.05) is 41.9 Å². The van der Waals surface area contributed by atoms with Crippen LogP contribution < -0.4 is 14.8 Å². The minimum atomic E-state index is 0.236. The number of nitrogens with one attached hydrogen (secondary N) is 1. The van der Waals surface area contributed by atoms with Crippen LogP contribution in [0.2, 0.25) is 5.02 Å². The van der Waals surface area contributed by atoms with Gasteiger partial charge in [0, 0.05) is 12.2 Å². The number of aromatic hydroxyl groups is 1. The van der Waals surface area contributed by atoms with Crippen LogP contribution in [0.3, 0.4) is 0 Å². The molecule has 0 amide bonds. The van der Waals surface area contributed by atoms with Gasteiger partial charge in [-0.15, -0.1) is 0 Å². The monoisotopic (exact) mass is 369 g/mol. The predicted molar refractivity (Wildman–Crippen MR) is 104 cm³/mol. The largest absolute Gasteiger partial charge is 0.508 e. The summed E-state index contributed by atoms with van der Waals surface area (Å²) >= 11 is 6.42. The van der Waals surface area contributed by atoms with Gasteiger partial charge in [0.1, 0.15) is 12.4 Å². The number of phenols is 1. The van der Waals surface area contributed by atoms with Gasteiger partial charge in [0.25, 0.3) is 0 Å². The third-order valence-corrected chi connectivity index (χ3v) is 4.16. The van der Waals surface area contributed by atoms with E-state index in [2.05, 4.69) is 5.32 Å². The molecule has 2 N–H and O–H groups in total. The fourth-order valence-corrected chi connectivity index (χ4v) is 2.82. The van der Waals surface area contributed by atoms with Crippen LogP contribution in [-0.2, 0) is 13.2 Å². The van der Waals surface area contributed by atoms with Crippen molar-refractivity contribution in [2.75, 3.05) is 12.4 Å². The van der Waals surface area contributed by atoms with E-state index >= 15 is 0 Å². The Kier molecular flexibility index (Phi) is 5.87. The van der Waals surface area contributed by atoms with E-state index in [-0.39, 0.29) is 5.75 Å². The molecular formula is C21H20ClNO3. The minimum Gasteiger partial charge on any atom is -0.508 e. The number of rotatable bonds is 7. The number of methoxy groups -OCH3 is 1. The molecule has 0 aromatic heterocycles. The van der Waals surface area contributed by atoms with Crippen molar-refractivity contribution in [3.05, 3.63) is 82.9 Å². The molecule has 0 aliphatic rings. The normalized spacial score (nSPS) is 10.4. The van der Waals surface area contributed by atoms with Crippen LogP contribution in [0.15, 0.2) is 66.7 Å². The first-order valence-electron chi connectivity index (χ1n) is 8.22. The summed E-state index contributed by atoms with van der Waals surface area (Å²) in [4.78, 5) is 0. The second kappa shape index (κ2) is 8.50. The number of halogens is 1. The highest BCUT2D eigenvalue weighted by Gasteiger charge is 2.12. The van der Waals surface area contributed by atoms with E-state index in [1.807, 2.05) is 54.6 Å². The molecule has 0 saturated carbocycles. The summed E-state index contributed by atoms with van der Waals surface area (Å²) in [6.45, 7) is 0.988. The Balaban J connectivity index is 1.70. The average Bonchev–Trinajstić information content (AvgIpc) is 2.67. The van der Waals surface area contributed by atoms with Crippen molar-refractivity contribution in [2.45, 2.75) is 13.2 Å². The maximum atomic E-state index is 9.33. The average molecular weight is 370 g/mol. The lowest BCUT2D eigenvalue weighted by Crippen LogP contribution is -2.02. The molecule has 0 saturated heterocycles. The first-order valence-corrected chi connectivity index (χ1v) is 8.59. The second-order valence-corrected chi connectivity index (χ2v) is 6.19. The number of hydrogen-bond acceptors (Lipinski definition) is 4. The van der Waals surface area contributed by atoms with Crippen molar-refractivity contribution in [3.63, 3.8) is 0 Å². The highest BCUT2D eigenvalue weighted by Crippen LogP contribution is 2.37. The van der Waals surface area contributed by atoms with Gasteiger partial charge in [-0.05, 0) is 47.5 Å².